The lowest BCUT2D eigenvalue weighted by atomic mass is 10.3. The van der Waals surface area contributed by atoms with E-state index in [1.807, 2.05) is 18.2 Å². The van der Waals surface area contributed by atoms with E-state index in [0.717, 1.165) is 17.4 Å². The highest BCUT2D eigenvalue weighted by Gasteiger charge is 2.13. The van der Waals surface area contributed by atoms with Crippen LogP contribution in [0, 0.1) is 0 Å². The van der Waals surface area contributed by atoms with E-state index >= 15 is 0 Å². The maximum Gasteiger partial charge on any atom is 0.187 e. The van der Waals surface area contributed by atoms with E-state index in [1.165, 1.54) is 6.33 Å². The highest BCUT2D eigenvalue weighted by Crippen LogP contribution is 2.24. The summed E-state index contributed by atoms with van der Waals surface area (Å²) in [6, 6.07) is 7.28. The Morgan fingerprint density at radius 1 is 1.41 bits per heavy atom. The van der Waals surface area contributed by atoms with Crippen molar-refractivity contribution >= 4 is 28.9 Å². The molecule has 1 aromatic carbocycles. The normalized spacial score (nSPS) is 10.8. The fourth-order valence-electron chi connectivity index (χ4n) is 1.88. The van der Waals surface area contributed by atoms with E-state index in [-0.39, 0.29) is 5.75 Å². The average molecular weight is 316 g/mol. The molecule has 0 radical (unpaired) electrons. The van der Waals surface area contributed by atoms with Crippen LogP contribution in [0.15, 0.2) is 35.6 Å². The largest absolute Gasteiger partial charge is 0.549 e. The van der Waals surface area contributed by atoms with Crippen LogP contribution in [0.4, 0.5) is 0 Å². The second-order valence-electron chi connectivity index (χ2n) is 4.21. The van der Waals surface area contributed by atoms with Crippen LogP contribution >= 0.6 is 11.8 Å². The number of carbonyl (C=O) groups is 1. The van der Waals surface area contributed by atoms with Crippen LogP contribution in [0.25, 0.3) is 16.9 Å². The minimum Gasteiger partial charge on any atom is -0.549 e. The summed E-state index contributed by atoms with van der Waals surface area (Å²) in [5, 5.41) is 19.1. The molecule has 8 nitrogen and oxygen atoms in total. The van der Waals surface area contributed by atoms with Gasteiger partial charge >= 0.3 is 0 Å². The first kappa shape index (κ1) is 14.3. The van der Waals surface area contributed by atoms with E-state index in [1.54, 1.807) is 17.9 Å². The van der Waals surface area contributed by atoms with Crippen LogP contribution in [0.3, 0.4) is 0 Å². The summed E-state index contributed by atoms with van der Waals surface area (Å²) >= 11 is 1.02. The number of aromatic nitrogens is 5. The van der Waals surface area contributed by atoms with E-state index < -0.39 is 5.97 Å². The zero-order valence-corrected chi connectivity index (χ0v) is 12.3. The quantitative estimate of drug-likeness (QED) is 0.480. The second-order valence-corrected chi connectivity index (χ2v) is 5.18. The molecule has 0 atom stereocenters. The Morgan fingerprint density at radius 3 is 3.05 bits per heavy atom. The van der Waals surface area contributed by atoms with Gasteiger partial charge < -0.3 is 14.6 Å². The van der Waals surface area contributed by atoms with Crippen LogP contribution in [-0.2, 0) is 4.79 Å². The number of hydrogen-bond donors (Lipinski definition) is 0. The first-order valence-electron chi connectivity index (χ1n) is 6.22. The number of aliphatic carboxylic acids is 1. The molecule has 2 aromatic heterocycles. The first-order chi connectivity index (χ1) is 10.7. The number of ether oxygens (including phenoxy) is 1. The smallest absolute Gasteiger partial charge is 0.187 e. The average Bonchev–Trinajstić information content (AvgIpc) is 2.97. The molecule has 22 heavy (non-hydrogen) atoms. The number of nitrogens with zero attached hydrogens (tertiary/aromatic N) is 5. The highest BCUT2D eigenvalue weighted by molar-refractivity contribution is 8.00. The number of carboxylic acids is 1. The fraction of sp³-hybridized carbons (Fsp3) is 0.154. The minimum atomic E-state index is -1.17. The van der Waals surface area contributed by atoms with Crippen molar-refractivity contribution < 1.29 is 14.6 Å². The van der Waals surface area contributed by atoms with Gasteiger partial charge in [0.05, 0.1) is 18.8 Å². The Balaban J connectivity index is 2.05. The summed E-state index contributed by atoms with van der Waals surface area (Å²) in [4.78, 5) is 18.8. The molecule has 9 heteroatoms. The molecule has 3 rings (SSSR count). The number of fused-ring (bicyclic) bond motifs is 1. The molecule has 0 N–H and O–H groups in total. The number of hydrogen-bond acceptors (Lipinski definition) is 8. The summed E-state index contributed by atoms with van der Waals surface area (Å²) in [7, 11) is 1.58. The highest BCUT2D eigenvalue weighted by atomic mass is 32.2. The van der Waals surface area contributed by atoms with Crippen molar-refractivity contribution in [1.82, 2.24) is 25.0 Å². The Bertz CT molecular complexity index is 835. The van der Waals surface area contributed by atoms with Crippen molar-refractivity contribution in [1.29, 1.82) is 0 Å². The molecular weight excluding hydrogens is 306 g/mol. The lowest BCUT2D eigenvalue weighted by molar-refractivity contribution is -0.301. The number of rotatable bonds is 5. The Labute approximate surface area is 129 Å². The van der Waals surface area contributed by atoms with Gasteiger partial charge in [0, 0.05) is 11.8 Å². The van der Waals surface area contributed by atoms with E-state index in [2.05, 4.69) is 20.3 Å². The predicted molar refractivity (Wildman–Crippen MR) is 76.7 cm³/mol. The van der Waals surface area contributed by atoms with Crippen molar-refractivity contribution in [2.45, 2.75) is 5.03 Å². The third-order valence-corrected chi connectivity index (χ3v) is 3.78. The number of carbonyl (C=O) groups excluding carboxylic acids is 1. The van der Waals surface area contributed by atoms with Crippen LogP contribution in [0.2, 0.25) is 0 Å². The van der Waals surface area contributed by atoms with E-state index in [9.17, 15) is 9.90 Å². The zero-order chi connectivity index (χ0) is 15.5. The van der Waals surface area contributed by atoms with Crippen LogP contribution in [0.5, 0.6) is 5.75 Å². The van der Waals surface area contributed by atoms with Crippen LogP contribution in [-0.4, -0.2) is 43.8 Å². The van der Waals surface area contributed by atoms with Gasteiger partial charge in [0.1, 0.15) is 17.1 Å². The number of methoxy groups -OCH3 is 1. The summed E-state index contributed by atoms with van der Waals surface area (Å²) < 4.78 is 6.73. The van der Waals surface area contributed by atoms with Gasteiger partial charge in [0.15, 0.2) is 11.2 Å². The monoisotopic (exact) mass is 316 g/mol. The van der Waals surface area contributed by atoms with Crippen molar-refractivity contribution in [3.05, 3.63) is 30.6 Å². The maximum absolute atomic E-state index is 10.6. The van der Waals surface area contributed by atoms with Gasteiger partial charge in [-0.2, -0.15) is 4.68 Å². The second kappa shape index (κ2) is 5.98. The topological polar surface area (TPSA) is 106 Å². The minimum absolute atomic E-state index is 0.210. The number of carboxylic acid groups (broad SMARTS) is 1. The molecule has 0 unspecified atom stereocenters. The number of thioether (sulfide) groups is 1. The molecule has 0 bridgehead atoms. The van der Waals surface area contributed by atoms with Gasteiger partial charge in [-0.25, -0.2) is 9.97 Å². The fourth-order valence-corrected chi connectivity index (χ4v) is 2.52. The molecular formula is C13H10N5O3S-. The summed E-state index contributed by atoms with van der Waals surface area (Å²) in [5.74, 6) is -0.697. The third kappa shape index (κ3) is 2.70. The molecule has 0 aliphatic heterocycles. The molecule has 112 valence electrons. The van der Waals surface area contributed by atoms with Crippen LogP contribution < -0.4 is 9.84 Å². The molecule has 0 aliphatic carbocycles. The van der Waals surface area contributed by atoms with E-state index in [4.69, 9.17) is 4.74 Å². The lowest BCUT2D eigenvalue weighted by Gasteiger charge is -2.05. The molecule has 0 amide bonds. The van der Waals surface area contributed by atoms with Gasteiger partial charge in [-0.3, -0.25) is 0 Å². The summed E-state index contributed by atoms with van der Waals surface area (Å²) in [6.07, 6.45) is 1.35. The summed E-state index contributed by atoms with van der Waals surface area (Å²) in [5.41, 5.74) is 1.66. The maximum atomic E-state index is 10.6. The molecule has 0 aliphatic rings. The standard InChI is InChI=1S/C13H11N5O3S/c1-21-9-4-2-3-8(5-9)18-12-11(16-17-18)13(15-7-14-12)22-6-10(19)20/h2-5,7H,6H2,1H3,(H,19,20)/p-1. The lowest BCUT2D eigenvalue weighted by Crippen LogP contribution is -2.24. The van der Waals surface area contributed by atoms with E-state index in [0.29, 0.717) is 21.9 Å². The zero-order valence-electron chi connectivity index (χ0n) is 11.5. The van der Waals surface area contributed by atoms with Gasteiger partial charge in [-0.1, -0.05) is 23.0 Å². The molecule has 0 saturated carbocycles. The van der Waals surface area contributed by atoms with Crippen LogP contribution in [0.1, 0.15) is 0 Å². The Hall–Kier alpha value is -2.68. The summed E-state index contributed by atoms with van der Waals surface area (Å²) in [6.45, 7) is 0. The van der Waals surface area contributed by atoms with Gasteiger partial charge in [0.2, 0.25) is 0 Å². The molecule has 3 aromatic rings. The Kier molecular flexibility index (Phi) is 3.88. The molecule has 0 saturated heterocycles. The predicted octanol–water partition coefficient (Wildman–Crippen LogP) is 0.0611. The first-order valence-corrected chi connectivity index (χ1v) is 7.21. The third-order valence-electron chi connectivity index (χ3n) is 2.83. The van der Waals surface area contributed by atoms with Crippen molar-refractivity contribution in [2.75, 3.05) is 12.9 Å². The number of benzene rings is 1. The van der Waals surface area contributed by atoms with Gasteiger partial charge in [-0.05, 0) is 12.1 Å². The van der Waals surface area contributed by atoms with Gasteiger partial charge in [0.25, 0.3) is 0 Å². The SMILES string of the molecule is COc1cccc(-n2nnc3c(SCC(=O)[O-])ncnc32)c1. The van der Waals surface area contributed by atoms with Crippen molar-refractivity contribution in [3.8, 4) is 11.4 Å². The molecule has 2 heterocycles. The molecule has 0 fully saturated rings. The van der Waals surface area contributed by atoms with Crippen molar-refractivity contribution in [2.24, 2.45) is 0 Å². The molecule has 0 spiro atoms. The van der Waals surface area contributed by atoms with Gasteiger partial charge in [-0.15, -0.1) is 5.10 Å². The van der Waals surface area contributed by atoms with Crippen molar-refractivity contribution in [3.63, 3.8) is 0 Å². The Morgan fingerprint density at radius 2 is 2.27 bits per heavy atom.